The van der Waals surface area contributed by atoms with Gasteiger partial charge in [-0.2, -0.15) is 15.0 Å². The molecule has 1 unspecified atom stereocenters. The molecule has 0 aliphatic carbocycles. The number of benzene rings is 1. The quantitative estimate of drug-likeness (QED) is 0.640. The van der Waals surface area contributed by atoms with Crippen LogP contribution in [0.5, 0.6) is 5.88 Å². The van der Waals surface area contributed by atoms with Crippen LogP contribution in [0, 0.1) is 24.2 Å². The monoisotopic (exact) mass is 431 g/mol. The average Bonchev–Trinajstić information content (AvgIpc) is 3.20. The number of aromatic nitrogens is 3. The Labute approximate surface area is 186 Å². The highest BCUT2D eigenvalue weighted by atomic mass is 16.5. The Hall–Kier alpha value is -3.70. The van der Waals surface area contributed by atoms with Crippen LogP contribution in [-0.2, 0) is 4.74 Å². The molecule has 8 heteroatoms. The van der Waals surface area contributed by atoms with Crippen molar-refractivity contribution in [2.24, 2.45) is 5.92 Å². The number of amides is 1. The average molecular weight is 431 g/mol. The molecule has 1 aromatic carbocycles. The highest BCUT2D eigenvalue weighted by Gasteiger charge is 2.22. The van der Waals surface area contributed by atoms with Gasteiger partial charge in [0.1, 0.15) is 0 Å². The molecule has 2 N–H and O–H groups in total. The molecule has 2 aromatic heterocycles. The van der Waals surface area contributed by atoms with Crippen LogP contribution in [0.2, 0.25) is 0 Å². The molecule has 4 rings (SSSR count). The molecule has 1 saturated heterocycles. The molecule has 8 nitrogen and oxygen atoms in total. The summed E-state index contributed by atoms with van der Waals surface area (Å²) in [6.07, 6.45) is 4.92. The zero-order valence-corrected chi connectivity index (χ0v) is 18.1. The van der Waals surface area contributed by atoms with Crippen LogP contribution in [0.15, 0.2) is 42.7 Å². The Morgan fingerprint density at radius 2 is 2.03 bits per heavy atom. The van der Waals surface area contributed by atoms with Crippen molar-refractivity contribution in [2.75, 3.05) is 13.2 Å². The van der Waals surface area contributed by atoms with Gasteiger partial charge < -0.3 is 15.2 Å². The molecular formula is C24H25N5O3. The fraction of sp³-hybridized carbons (Fsp3) is 0.333. The third-order valence-electron chi connectivity index (χ3n) is 5.95. The Morgan fingerprint density at radius 1 is 1.25 bits per heavy atom. The number of carbonyl (C=O) groups is 1. The summed E-state index contributed by atoms with van der Waals surface area (Å²) in [5.74, 6) is 0.566. The molecule has 1 fully saturated rings. The standard InChI is InChI=1S/C24H25N5O3/c1-15-11-17(12-25)3-5-20(15)21-14-27-29(24(21)31)22-6-4-19(13-26-22)23(30)28-16(2)18-7-9-32-10-8-18/h3-6,11,13-14,16,18,31H,7-10H2,1-2H3,(H,28,30). The van der Waals surface area contributed by atoms with Crippen molar-refractivity contribution < 1.29 is 14.6 Å². The Morgan fingerprint density at radius 3 is 2.69 bits per heavy atom. The van der Waals surface area contributed by atoms with E-state index in [0.29, 0.717) is 28.4 Å². The maximum absolute atomic E-state index is 12.6. The topological polar surface area (TPSA) is 113 Å². The van der Waals surface area contributed by atoms with Crippen LogP contribution in [0.3, 0.4) is 0 Å². The molecule has 0 bridgehead atoms. The number of nitrogens with one attached hydrogen (secondary N) is 1. The van der Waals surface area contributed by atoms with E-state index < -0.39 is 0 Å². The molecule has 3 aromatic rings. The fourth-order valence-electron chi connectivity index (χ4n) is 4.00. The number of hydrogen-bond acceptors (Lipinski definition) is 6. The van der Waals surface area contributed by atoms with E-state index in [1.807, 2.05) is 13.8 Å². The summed E-state index contributed by atoms with van der Waals surface area (Å²) < 4.78 is 6.71. The van der Waals surface area contributed by atoms with Gasteiger partial charge in [-0.15, -0.1) is 0 Å². The van der Waals surface area contributed by atoms with Crippen LogP contribution in [0.1, 0.15) is 41.3 Å². The van der Waals surface area contributed by atoms with Crippen molar-refractivity contribution in [1.82, 2.24) is 20.1 Å². The third kappa shape index (κ3) is 4.34. The van der Waals surface area contributed by atoms with Gasteiger partial charge >= 0.3 is 0 Å². The highest BCUT2D eigenvalue weighted by molar-refractivity contribution is 5.94. The number of ether oxygens (including phenoxy) is 1. The summed E-state index contributed by atoms with van der Waals surface area (Å²) >= 11 is 0. The summed E-state index contributed by atoms with van der Waals surface area (Å²) in [5.41, 5.74) is 3.19. The van der Waals surface area contributed by atoms with Gasteiger partial charge in [-0.05, 0) is 68.0 Å². The molecular weight excluding hydrogens is 406 g/mol. The fourth-order valence-corrected chi connectivity index (χ4v) is 4.00. The molecule has 1 atom stereocenters. The molecule has 1 aliphatic rings. The lowest BCUT2D eigenvalue weighted by Gasteiger charge is -2.28. The summed E-state index contributed by atoms with van der Waals surface area (Å²) in [6.45, 7) is 5.36. The SMILES string of the molecule is Cc1cc(C#N)ccc1-c1cnn(-c2ccc(C(=O)NC(C)C3CCOCC3)cn2)c1O. The molecule has 3 heterocycles. The van der Waals surface area contributed by atoms with E-state index in [2.05, 4.69) is 21.5 Å². The Kier molecular flexibility index (Phi) is 6.19. The minimum atomic E-state index is -0.179. The number of aromatic hydroxyl groups is 1. The first-order valence-electron chi connectivity index (χ1n) is 10.6. The van der Waals surface area contributed by atoms with Crippen LogP contribution in [0.25, 0.3) is 16.9 Å². The number of pyridine rings is 1. The van der Waals surface area contributed by atoms with Gasteiger partial charge in [-0.3, -0.25) is 4.79 Å². The van der Waals surface area contributed by atoms with Gasteiger partial charge in [0.05, 0.1) is 29.0 Å². The molecule has 164 valence electrons. The lowest BCUT2D eigenvalue weighted by molar-refractivity contribution is 0.0538. The van der Waals surface area contributed by atoms with Gasteiger partial charge in [-0.1, -0.05) is 6.07 Å². The van der Waals surface area contributed by atoms with E-state index in [1.54, 1.807) is 36.5 Å². The first kappa shape index (κ1) is 21.5. The minimum absolute atomic E-state index is 0.0551. The lowest BCUT2D eigenvalue weighted by Crippen LogP contribution is -2.40. The van der Waals surface area contributed by atoms with E-state index >= 15 is 0 Å². The first-order valence-corrected chi connectivity index (χ1v) is 10.6. The van der Waals surface area contributed by atoms with Crippen molar-refractivity contribution in [1.29, 1.82) is 5.26 Å². The van der Waals surface area contributed by atoms with E-state index in [-0.39, 0.29) is 17.8 Å². The summed E-state index contributed by atoms with van der Waals surface area (Å²) in [6, 6.07) is 10.7. The van der Waals surface area contributed by atoms with E-state index in [1.165, 1.54) is 10.9 Å². The van der Waals surface area contributed by atoms with Gasteiger partial charge in [-0.25, -0.2) is 4.98 Å². The Balaban J connectivity index is 1.50. The minimum Gasteiger partial charge on any atom is -0.493 e. The molecule has 0 saturated carbocycles. The second-order valence-electron chi connectivity index (χ2n) is 8.05. The maximum atomic E-state index is 12.6. The second kappa shape index (κ2) is 9.20. The van der Waals surface area contributed by atoms with Crippen molar-refractivity contribution in [3.8, 4) is 28.9 Å². The van der Waals surface area contributed by atoms with Gasteiger partial charge in [0.25, 0.3) is 5.91 Å². The highest BCUT2D eigenvalue weighted by Crippen LogP contribution is 2.33. The van der Waals surface area contributed by atoms with Crippen molar-refractivity contribution in [3.63, 3.8) is 0 Å². The predicted octanol–water partition coefficient (Wildman–Crippen LogP) is 3.36. The normalized spacial score (nSPS) is 15.2. The third-order valence-corrected chi connectivity index (χ3v) is 5.95. The molecule has 1 amide bonds. The molecule has 0 radical (unpaired) electrons. The summed E-state index contributed by atoms with van der Waals surface area (Å²) in [7, 11) is 0. The van der Waals surface area contributed by atoms with Gasteiger partial charge in [0, 0.05) is 25.5 Å². The number of aryl methyl sites for hydroxylation is 1. The number of nitrogens with zero attached hydrogens (tertiary/aromatic N) is 4. The molecule has 1 aliphatic heterocycles. The summed E-state index contributed by atoms with van der Waals surface area (Å²) in [4.78, 5) is 16.9. The van der Waals surface area contributed by atoms with E-state index in [4.69, 9.17) is 10.00 Å². The zero-order chi connectivity index (χ0) is 22.7. The second-order valence-corrected chi connectivity index (χ2v) is 8.05. The summed E-state index contributed by atoms with van der Waals surface area (Å²) in [5, 5.41) is 27.1. The zero-order valence-electron chi connectivity index (χ0n) is 18.1. The number of nitriles is 1. The molecule has 32 heavy (non-hydrogen) atoms. The number of carbonyl (C=O) groups excluding carboxylic acids is 1. The first-order chi connectivity index (χ1) is 15.5. The van der Waals surface area contributed by atoms with Crippen molar-refractivity contribution in [2.45, 2.75) is 32.7 Å². The predicted molar refractivity (Wildman–Crippen MR) is 118 cm³/mol. The molecule has 0 spiro atoms. The van der Waals surface area contributed by atoms with Gasteiger partial charge in [0.2, 0.25) is 5.88 Å². The van der Waals surface area contributed by atoms with Crippen LogP contribution in [0.4, 0.5) is 0 Å². The number of hydrogen-bond donors (Lipinski definition) is 2. The van der Waals surface area contributed by atoms with E-state index in [0.717, 1.165) is 37.2 Å². The largest absolute Gasteiger partial charge is 0.493 e. The number of rotatable bonds is 5. The van der Waals surface area contributed by atoms with E-state index in [9.17, 15) is 9.90 Å². The Bertz CT molecular complexity index is 1160. The van der Waals surface area contributed by atoms with Gasteiger partial charge in [0.15, 0.2) is 5.82 Å². The van der Waals surface area contributed by atoms with Crippen molar-refractivity contribution >= 4 is 5.91 Å². The van der Waals surface area contributed by atoms with Crippen LogP contribution >= 0.6 is 0 Å². The van der Waals surface area contributed by atoms with Crippen molar-refractivity contribution in [3.05, 3.63) is 59.4 Å². The maximum Gasteiger partial charge on any atom is 0.253 e. The van der Waals surface area contributed by atoms with Crippen LogP contribution < -0.4 is 5.32 Å². The van der Waals surface area contributed by atoms with Crippen LogP contribution in [-0.4, -0.2) is 45.0 Å². The lowest BCUT2D eigenvalue weighted by atomic mass is 9.93. The smallest absolute Gasteiger partial charge is 0.253 e.